The third-order valence-corrected chi connectivity index (χ3v) is 5.14. The first-order valence-corrected chi connectivity index (χ1v) is 9.38. The number of nitrogens with one attached hydrogen (secondary N) is 1. The van der Waals surface area contributed by atoms with Gasteiger partial charge in [-0.05, 0) is 42.9 Å². The summed E-state index contributed by atoms with van der Waals surface area (Å²) in [7, 11) is 0. The zero-order chi connectivity index (χ0) is 17.8. The molecular weight excluding hydrogens is 330 g/mol. The summed E-state index contributed by atoms with van der Waals surface area (Å²) in [6.07, 6.45) is 5.04. The lowest BCUT2D eigenvalue weighted by molar-refractivity contribution is 0.0379. The highest BCUT2D eigenvalue weighted by Crippen LogP contribution is 2.26. The van der Waals surface area contributed by atoms with Crippen molar-refractivity contribution in [3.05, 3.63) is 53.3 Å². The summed E-state index contributed by atoms with van der Waals surface area (Å²) in [6, 6.07) is 9.25. The van der Waals surface area contributed by atoms with E-state index in [1.54, 1.807) is 0 Å². The molecule has 1 N–H and O–H groups in total. The second kappa shape index (κ2) is 8.01. The first-order chi connectivity index (χ1) is 12.8. The van der Waals surface area contributed by atoms with Crippen molar-refractivity contribution in [3.8, 4) is 0 Å². The van der Waals surface area contributed by atoms with Gasteiger partial charge in [0.15, 0.2) is 0 Å². The van der Waals surface area contributed by atoms with Crippen molar-refractivity contribution in [3.63, 3.8) is 0 Å². The van der Waals surface area contributed by atoms with E-state index in [0.717, 1.165) is 44.7 Å². The van der Waals surface area contributed by atoms with Crippen molar-refractivity contribution in [2.75, 3.05) is 26.4 Å². The fraction of sp³-hybridized carbons (Fsp3) is 0.500. The normalized spacial score (nSPS) is 20.5. The molecule has 6 nitrogen and oxygen atoms in total. The second-order valence-electron chi connectivity index (χ2n) is 7.00. The van der Waals surface area contributed by atoms with Crippen LogP contribution in [0.4, 0.5) is 0 Å². The number of fused-ring (bicyclic) bond motifs is 1. The summed E-state index contributed by atoms with van der Waals surface area (Å²) in [4.78, 5) is 12.3. The van der Waals surface area contributed by atoms with E-state index < -0.39 is 0 Å². The largest absolute Gasteiger partial charge is 0.381 e. The maximum absolute atomic E-state index is 12.3. The Hall–Kier alpha value is -2.18. The van der Waals surface area contributed by atoms with Crippen molar-refractivity contribution < 1.29 is 14.3 Å². The summed E-state index contributed by atoms with van der Waals surface area (Å²) < 4.78 is 13.4. The van der Waals surface area contributed by atoms with Crippen LogP contribution >= 0.6 is 0 Å². The molecule has 2 aromatic rings. The number of carbonyl (C=O) groups is 1. The summed E-state index contributed by atoms with van der Waals surface area (Å²) in [5.74, 6) is 0.546. The number of aromatic nitrogens is 2. The molecular formula is C20H25N3O3. The summed E-state index contributed by atoms with van der Waals surface area (Å²) >= 11 is 0. The van der Waals surface area contributed by atoms with Crippen molar-refractivity contribution in [1.29, 1.82) is 0 Å². The van der Waals surface area contributed by atoms with Crippen LogP contribution in [0, 0.1) is 5.92 Å². The molecule has 2 aliphatic rings. The van der Waals surface area contributed by atoms with E-state index in [1.165, 1.54) is 5.56 Å². The Kier molecular flexibility index (Phi) is 5.32. The summed E-state index contributed by atoms with van der Waals surface area (Å²) in [5.41, 5.74) is 2.87. The number of amides is 1. The molecule has 1 amide bonds. The fourth-order valence-electron chi connectivity index (χ4n) is 3.65. The Balaban J connectivity index is 1.39. The molecule has 4 rings (SSSR count). The Bertz CT molecular complexity index is 738. The Morgan fingerprint density at radius 2 is 2.00 bits per heavy atom. The molecule has 138 valence electrons. The van der Waals surface area contributed by atoms with E-state index in [0.29, 0.717) is 24.6 Å². The van der Waals surface area contributed by atoms with Crippen LogP contribution in [0.25, 0.3) is 0 Å². The van der Waals surface area contributed by atoms with Crippen LogP contribution < -0.4 is 5.32 Å². The van der Waals surface area contributed by atoms with E-state index in [2.05, 4.69) is 16.2 Å². The minimum absolute atomic E-state index is 0.0806. The van der Waals surface area contributed by atoms with Crippen LogP contribution in [0.5, 0.6) is 0 Å². The lowest BCUT2D eigenvalue weighted by Gasteiger charge is -2.22. The standard InChI is InChI=1S/C20H25N3O3/c24-20(16-4-2-1-3-5-16)21-12-18-19-17(8-11-26-18)14-23(22-19)13-15-6-9-25-10-7-15/h1-5,14-15,18H,6-13H2,(H,21,24)/t18-/m0/s1. The number of rotatable bonds is 5. The molecule has 1 aromatic carbocycles. The smallest absolute Gasteiger partial charge is 0.251 e. The zero-order valence-electron chi connectivity index (χ0n) is 14.9. The van der Waals surface area contributed by atoms with Gasteiger partial charge in [-0.25, -0.2) is 0 Å². The Morgan fingerprint density at radius 3 is 2.81 bits per heavy atom. The molecule has 1 fully saturated rings. The molecule has 1 atom stereocenters. The van der Waals surface area contributed by atoms with E-state index >= 15 is 0 Å². The van der Waals surface area contributed by atoms with Gasteiger partial charge in [0.1, 0.15) is 6.10 Å². The summed E-state index contributed by atoms with van der Waals surface area (Å²) in [6.45, 7) is 3.74. The lowest BCUT2D eigenvalue weighted by Crippen LogP contribution is -2.31. The van der Waals surface area contributed by atoms with Gasteiger partial charge in [-0.2, -0.15) is 5.10 Å². The van der Waals surface area contributed by atoms with Gasteiger partial charge >= 0.3 is 0 Å². The van der Waals surface area contributed by atoms with Crippen LogP contribution in [-0.2, 0) is 22.4 Å². The SMILES string of the molecule is O=C(NC[C@@H]1OCCc2cn(CC3CCOCC3)nc21)c1ccccc1. The molecule has 0 aliphatic carbocycles. The summed E-state index contributed by atoms with van der Waals surface area (Å²) in [5, 5.41) is 7.75. The fourth-order valence-corrected chi connectivity index (χ4v) is 3.65. The van der Waals surface area contributed by atoms with Crippen LogP contribution in [0.15, 0.2) is 36.5 Å². The van der Waals surface area contributed by atoms with E-state index in [9.17, 15) is 4.79 Å². The van der Waals surface area contributed by atoms with E-state index in [4.69, 9.17) is 14.6 Å². The number of carbonyl (C=O) groups excluding carboxylic acids is 1. The number of hydrogen-bond donors (Lipinski definition) is 1. The van der Waals surface area contributed by atoms with Crippen molar-refractivity contribution in [1.82, 2.24) is 15.1 Å². The number of nitrogens with zero attached hydrogens (tertiary/aromatic N) is 2. The minimum Gasteiger partial charge on any atom is -0.381 e. The Labute approximate surface area is 153 Å². The van der Waals surface area contributed by atoms with Gasteiger partial charge in [0.05, 0.1) is 12.3 Å². The highest BCUT2D eigenvalue weighted by molar-refractivity contribution is 5.94. The van der Waals surface area contributed by atoms with Gasteiger partial charge in [0.25, 0.3) is 5.91 Å². The van der Waals surface area contributed by atoms with Crippen molar-refractivity contribution in [2.24, 2.45) is 5.92 Å². The molecule has 0 unspecified atom stereocenters. The third kappa shape index (κ3) is 3.97. The maximum Gasteiger partial charge on any atom is 0.251 e. The third-order valence-electron chi connectivity index (χ3n) is 5.14. The predicted molar refractivity (Wildman–Crippen MR) is 96.9 cm³/mol. The van der Waals surface area contributed by atoms with Crippen LogP contribution in [-0.4, -0.2) is 42.1 Å². The minimum atomic E-state index is -0.178. The first-order valence-electron chi connectivity index (χ1n) is 9.38. The molecule has 0 bridgehead atoms. The van der Waals surface area contributed by atoms with Crippen molar-refractivity contribution >= 4 is 5.91 Å². The van der Waals surface area contributed by atoms with Crippen molar-refractivity contribution in [2.45, 2.75) is 31.9 Å². The second-order valence-corrected chi connectivity index (χ2v) is 7.00. The highest BCUT2D eigenvalue weighted by Gasteiger charge is 2.26. The topological polar surface area (TPSA) is 65.4 Å². The van der Waals surface area contributed by atoms with Crippen LogP contribution in [0.1, 0.15) is 40.6 Å². The van der Waals surface area contributed by atoms with Gasteiger partial charge in [-0.1, -0.05) is 18.2 Å². The van der Waals surface area contributed by atoms with Gasteiger partial charge < -0.3 is 14.8 Å². The first kappa shape index (κ1) is 17.2. The molecule has 0 radical (unpaired) electrons. The molecule has 6 heteroatoms. The van der Waals surface area contributed by atoms with Gasteiger partial charge in [0, 0.05) is 38.1 Å². The molecule has 0 spiro atoms. The molecule has 1 saturated heterocycles. The monoisotopic (exact) mass is 355 g/mol. The maximum atomic E-state index is 12.3. The number of ether oxygens (including phenoxy) is 2. The molecule has 3 heterocycles. The average molecular weight is 355 g/mol. The zero-order valence-corrected chi connectivity index (χ0v) is 14.9. The number of hydrogen-bond acceptors (Lipinski definition) is 4. The van der Waals surface area contributed by atoms with E-state index in [-0.39, 0.29) is 12.0 Å². The lowest BCUT2D eigenvalue weighted by atomic mass is 10.0. The number of benzene rings is 1. The molecule has 1 aromatic heterocycles. The molecule has 0 saturated carbocycles. The Morgan fingerprint density at radius 1 is 1.19 bits per heavy atom. The molecule has 2 aliphatic heterocycles. The van der Waals surface area contributed by atoms with Crippen LogP contribution in [0.3, 0.4) is 0 Å². The quantitative estimate of drug-likeness (QED) is 0.894. The predicted octanol–water partition coefficient (Wildman–Crippen LogP) is 2.35. The van der Waals surface area contributed by atoms with Gasteiger partial charge in [-0.3, -0.25) is 9.48 Å². The van der Waals surface area contributed by atoms with Gasteiger partial charge in [0.2, 0.25) is 0 Å². The average Bonchev–Trinajstić information content (AvgIpc) is 3.10. The van der Waals surface area contributed by atoms with E-state index in [1.807, 2.05) is 30.3 Å². The van der Waals surface area contributed by atoms with Gasteiger partial charge in [-0.15, -0.1) is 0 Å². The van der Waals surface area contributed by atoms with Crippen LogP contribution in [0.2, 0.25) is 0 Å². The molecule has 26 heavy (non-hydrogen) atoms. The highest BCUT2D eigenvalue weighted by atomic mass is 16.5.